The third kappa shape index (κ3) is 6.83. The summed E-state index contributed by atoms with van der Waals surface area (Å²) in [6.07, 6.45) is 2.91. The van der Waals surface area contributed by atoms with E-state index in [9.17, 15) is 24.0 Å². The van der Waals surface area contributed by atoms with Crippen LogP contribution in [0.3, 0.4) is 0 Å². The van der Waals surface area contributed by atoms with Crippen molar-refractivity contribution in [1.29, 1.82) is 0 Å². The predicted octanol–water partition coefficient (Wildman–Crippen LogP) is 6.09. The average Bonchev–Trinajstić information content (AvgIpc) is 3.27. The zero-order valence-electron chi connectivity index (χ0n) is 29.1. The Balaban J connectivity index is 1.63. The van der Waals surface area contributed by atoms with E-state index in [1.54, 1.807) is 0 Å². The van der Waals surface area contributed by atoms with Gasteiger partial charge in [0, 0.05) is 46.0 Å². The van der Waals surface area contributed by atoms with E-state index in [0.717, 1.165) is 25.7 Å². The molecule has 0 aromatic rings. The van der Waals surface area contributed by atoms with E-state index in [-0.39, 0.29) is 70.0 Å². The van der Waals surface area contributed by atoms with E-state index >= 15 is 0 Å². The Bertz CT molecular complexity index is 1160. The molecule has 4 rings (SSSR count). The van der Waals surface area contributed by atoms with Gasteiger partial charge in [-0.1, -0.05) is 41.5 Å². The average molecular weight is 633 g/mol. The Kier molecular flexibility index (Phi) is 10.5. The molecule has 4 fully saturated rings. The maximum Gasteiger partial charge on any atom is 0.303 e. The number of carbonyl (C=O) groups excluding carboxylic acids is 5. The van der Waals surface area contributed by atoms with Crippen molar-refractivity contribution < 1.29 is 42.9 Å². The zero-order chi connectivity index (χ0) is 33.6. The number of ether oxygens (including phenoxy) is 4. The lowest BCUT2D eigenvalue weighted by Gasteiger charge is -2.61. The van der Waals surface area contributed by atoms with Crippen LogP contribution in [0.25, 0.3) is 0 Å². The van der Waals surface area contributed by atoms with Crippen LogP contribution in [0.4, 0.5) is 0 Å². The van der Waals surface area contributed by atoms with Crippen LogP contribution < -0.4 is 0 Å². The molecular formula is C36H56O9. The summed E-state index contributed by atoms with van der Waals surface area (Å²) in [5.41, 5.74) is -0.441. The summed E-state index contributed by atoms with van der Waals surface area (Å²) < 4.78 is 23.3. The second kappa shape index (κ2) is 13.3. The lowest BCUT2D eigenvalue weighted by atomic mass is 9.43. The van der Waals surface area contributed by atoms with Gasteiger partial charge in [0.2, 0.25) is 0 Å². The Morgan fingerprint density at radius 2 is 1.29 bits per heavy atom. The third-order valence-electron chi connectivity index (χ3n) is 12.8. The molecule has 0 aromatic carbocycles. The molecule has 4 aliphatic carbocycles. The summed E-state index contributed by atoms with van der Waals surface area (Å²) in [6.45, 7) is 18.5. The highest BCUT2D eigenvalue weighted by Gasteiger charge is 2.65. The Morgan fingerprint density at radius 3 is 1.84 bits per heavy atom. The van der Waals surface area contributed by atoms with Crippen molar-refractivity contribution in [3.8, 4) is 0 Å². The van der Waals surface area contributed by atoms with Crippen molar-refractivity contribution in [3.63, 3.8) is 0 Å². The van der Waals surface area contributed by atoms with Gasteiger partial charge in [-0.05, 0) is 84.9 Å². The minimum absolute atomic E-state index is 0.0124. The van der Waals surface area contributed by atoms with Crippen LogP contribution in [0.2, 0.25) is 0 Å². The van der Waals surface area contributed by atoms with E-state index in [1.807, 2.05) is 0 Å². The number of esters is 4. The molecule has 0 amide bonds. The SMILES string of the molecule is CC(=O)OC(C(C)C(C)C)C(OC(C)=O)[C@@H](C)[C@H]1CC[C@H]2[C@@H]3CC(=O)[C@H]4C[C@H](OC(C)=O)[C@H](OC(C)=O)C[C@]4(C)[C@H]3CC[C@]12C. The summed E-state index contributed by atoms with van der Waals surface area (Å²) in [4.78, 5) is 62.6. The Labute approximate surface area is 269 Å². The largest absolute Gasteiger partial charge is 0.459 e. The number of Topliss-reactive ketones (excluding diaryl/α,β-unsaturated/α-hetero) is 1. The lowest BCUT2D eigenvalue weighted by molar-refractivity contribution is -0.197. The monoisotopic (exact) mass is 632 g/mol. The number of hydrogen-bond donors (Lipinski definition) is 0. The molecule has 254 valence electrons. The summed E-state index contributed by atoms with van der Waals surface area (Å²) >= 11 is 0. The van der Waals surface area contributed by atoms with Gasteiger partial charge in [-0.25, -0.2) is 0 Å². The lowest BCUT2D eigenvalue weighted by Crippen LogP contribution is -2.60. The second-order valence-electron chi connectivity index (χ2n) is 15.7. The molecule has 0 radical (unpaired) electrons. The van der Waals surface area contributed by atoms with Crippen LogP contribution >= 0.6 is 0 Å². The number of fused-ring (bicyclic) bond motifs is 5. The molecule has 3 unspecified atom stereocenters. The van der Waals surface area contributed by atoms with E-state index in [0.29, 0.717) is 25.2 Å². The maximum absolute atomic E-state index is 14.0. The standard InChI is InChI=1S/C36H56O9/c1-18(2)19(3)33(44-23(7)39)34(45-24(8)40)20(4)26-11-12-27-25-15-30(41)29-16-31(42-21(5)37)32(43-22(6)38)17-36(29,10)28(25)13-14-35(26,27)9/h18-20,25-29,31-34H,11-17H2,1-10H3/t19?,20-,25-,26+,27-,28-,29+,31-,32+,33?,34?,35+,36+/m0/s1. The molecule has 0 heterocycles. The van der Waals surface area contributed by atoms with E-state index in [4.69, 9.17) is 18.9 Å². The van der Waals surface area contributed by atoms with Gasteiger partial charge in [0.1, 0.15) is 30.2 Å². The molecule has 0 N–H and O–H groups in total. The van der Waals surface area contributed by atoms with Gasteiger partial charge in [-0.2, -0.15) is 0 Å². The molecular weight excluding hydrogens is 576 g/mol. The number of ketones is 1. The molecule has 4 aliphatic rings. The number of rotatable bonds is 9. The molecule has 0 saturated heterocycles. The highest BCUT2D eigenvalue weighted by molar-refractivity contribution is 5.83. The summed E-state index contributed by atoms with van der Waals surface area (Å²) in [5, 5.41) is 0. The molecule has 13 atom stereocenters. The van der Waals surface area contributed by atoms with Gasteiger partial charge < -0.3 is 18.9 Å². The fourth-order valence-electron chi connectivity index (χ4n) is 10.5. The van der Waals surface area contributed by atoms with Gasteiger partial charge in [-0.3, -0.25) is 24.0 Å². The van der Waals surface area contributed by atoms with Gasteiger partial charge in [0.15, 0.2) is 0 Å². The summed E-state index contributed by atoms with van der Waals surface area (Å²) in [7, 11) is 0. The quantitative estimate of drug-likeness (QED) is 0.220. The van der Waals surface area contributed by atoms with Crippen LogP contribution in [0, 0.1) is 58.2 Å². The maximum atomic E-state index is 14.0. The highest BCUT2D eigenvalue weighted by Crippen LogP contribution is 2.68. The van der Waals surface area contributed by atoms with Gasteiger partial charge in [0.05, 0.1) is 0 Å². The minimum Gasteiger partial charge on any atom is -0.459 e. The fourth-order valence-corrected chi connectivity index (χ4v) is 10.5. The van der Waals surface area contributed by atoms with Crippen LogP contribution in [0.15, 0.2) is 0 Å². The van der Waals surface area contributed by atoms with Gasteiger partial charge in [-0.15, -0.1) is 0 Å². The molecule has 0 aromatic heterocycles. The summed E-state index contributed by atoms with van der Waals surface area (Å²) in [6, 6.07) is 0. The van der Waals surface area contributed by atoms with Crippen molar-refractivity contribution >= 4 is 29.7 Å². The first kappa shape index (κ1) is 35.4. The smallest absolute Gasteiger partial charge is 0.303 e. The van der Waals surface area contributed by atoms with Crippen LogP contribution in [-0.2, 0) is 42.9 Å². The van der Waals surface area contributed by atoms with E-state index in [1.165, 1.54) is 27.7 Å². The topological polar surface area (TPSA) is 122 Å². The van der Waals surface area contributed by atoms with Gasteiger partial charge >= 0.3 is 23.9 Å². The molecule has 4 saturated carbocycles. The summed E-state index contributed by atoms with van der Waals surface area (Å²) in [5.74, 6) is -0.475. The van der Waals surface area contributed by atoms with Crippen molar-refractivity contribution in [2.24, 2.45) is 58.2 Å². The van der Waals surface area contributed by atoms with Crippen LogP contribution in [0.1, 0.15) is 114 Å². The molecule has 45 heavy (non-hydrogen) atoms. The number of carbonyl (C=O) groups is 5. The third-order valence-corrected chi connectivity index (χ3v) is 12.8. The fraction of sp³-hybridized carbons (Fsp3) is 0.861. The first-order valence-electron chi connectivity index (χ1n) is 17.1. The van der Waals surface area contributed by atoms with Crippen molar-refractivity contribution in [2.75, 3.05) is 0 Å². The molecule has 0 aliphatic heterocycles. The molecule has 0 bridgehead atoms. The second-order valence-corrected chi connectivity index (χ2v) is 15.7. The van der Waals surface area contributed by atoms with Crippen LogP contribution in [-0.4, -0.2) is 54.1 Å². The Morgan fingerprint density at radius 1 is 0.733 bits per heavy atom. The first-order chi connectivity index (χ1) is 20.9. The van der Waals surface area contributed by atoms with Crippen molar-refractivity contribution in [2.45, 2.75) is 139 Å². The normalized spacial score (nSPS) is 38.5. The van der Waals surface area contributed by atoms with Crippen molar-refractivity contribution in [3.05, 3.63) is 0 Å². The zero-order valence-corrected chi connectivity index (χ0v) is 29.1. The minimum atomic E-state index is -0.618. The molecule has 0 spiro atoms. The predicted molar refractivity (Wildman–Crippen MR) is 166 cm³/mol. The Hall–Kier alpha value is -2.45. The molecule has 9 nitrogen and oxygen atoms in total. The first-order valence-corrected chi connectivity index (χ1v) is 17.1. The highest BCUT2D eigenvalue weighted by atomic mass is 16.6. The van der Waals surface area contributed by atoms with Crippen LogP contribution in [0.5, 0.6) is 0 Å². The van der Waals surface area contributed by atoms with E-state index in [2.05, 4.69) is 41.5 Å². The van der Waals surface area contributed by atoms with Crippen molar-refractivity contribution in [1.82, 2.24) is 0 Å². The van der Waals surface area contributed by atoms with Gasteiger partial charge in [0.25, 0.3) is 0 Å². The number of hydrogen-bond acceptors (Lipinski definition) is 9. The molecule has 9 heteroatoms. The van der Waals surface area contributed by atoms with E-state index < -0.39 is 36.4 Å².